The predicted octanol–water partition coefficient (Wildman–Crippen LogP) is 4.60. The largest absolute Gasteiger partial charge is 0.416 e. The first-order chi connectivity index (χ1) is 10.0. The van der Waals surface area contributed by atoms with Gasteiger partial charge in [0.2, 0.25) is 0 Å². The number of halogens is 3. The van der Waals surface area contributed by atoms with Crippen molar-refractivity contribution in [1.29, 1.82) is 0 Å². The molecular formula is C17H18F3N. The molecule has 0 radical (unpaired) electrons. The Labute approximate surface area is 122 Å². The molecule has 0 heterocycles. The highest BCUT2D eigenvalue weighted by Crippen LogP contribution is 2.35. The molecule has 4 heteroatoms. The Morgan fingerprint density at radius 3 is 2.19 bits per heavy atom. The normalized spacial score (nSPS) is 13.1. The second kappa shape index (κ2) is 6.76. The number of hydrogen-bond acceptors (Lipinski definition) is 1. The summed E-state index contributed by atoms with van der Waals surface area (Å²) in [5.74, 6) is 0. The number of alkyl halides is 3. The first-order valence-corrected chi connectivity index (χ1v) is 6.89. The standard InChI is InChI=1S/C17H18F3N/c1-21-16(12-11-13-7-3-2-4-8-13)14-9-5-6-10-15(14)17(18,19)20/h2-10,16,21H,11-12H2,1H3. The Balaban J connectivity index is 2.18. The van der Waals surface area contributed by atoms with E-state index in [2.05, 4.69) is 5.32 Å². The molecule has 1 atom stereocenters. The van der Waals surface area contributed by atoms with Gasteiger partial charge in [0.25, 0.3) is 0 Å². The maximum absolute atomic E-state index is 13.1. The quantitative estimate of drug-likeness (QED) is 0.849. The van der Waals surface area contributed by atoms with Crippen LogP contribution in [0.1, 0.15) is 29.2 Å². The number of aryl methyl sites for hydroxylation is 1. The minimum Gasteiger partial charge on any atom is -0.313 e. The first-order valence-electron chi connectivity index (χ1n) is 6.89. The summed E-state index contributed by atoms with van der Waals surface area (Å²) in [6.07, 6.45) is -2.97. The molecule has 0 aromatic heterocycles. The molecule has 0 amide bonds. The molecule has 0 saturated carbocycles. The van der Waals surface area contributed by atoms with Crippen LogP contribution in [-0.2, 0) is 12.6 Å². The van der Waals surface area contributed by atoms with Crippen LogP contribution in [0.5, 0.6) is 0 Å². The van der Waals surface area contributed by atoms with E-state index in [-0.39, 0.29) is 6.04 Å². The van der Waals surface area contributed by atoms with Gasteiger partial charge in [-0.25, -0.2) is 0 Å². The second-order valence-electron chi connectivity index (χ2n) is 4.95. The van der Waals surface area contributed by atoms with Crippen LogP contribution in [0.15, 0.2) is 54.6 Å². The molecule has 0 aliphatic carbocycles. The van der Waals surface area contributed by atoms with E-state index in [1.165, 1.54) is 6.07 Å². The molecule has 0 fully saturated rings. The summed E-state index contributed by atoms with van der Waals surface area (Å²) in [5.41, 5.74) is 0.878. The van der Waals surface area contributed by atoms with Crippen molar-refractivity contribution in [2.45, 2.75) is 25.1 Å². The van der Waals surface area contributed by atoms with Crippen LogP contribution < -0.4 is 5.32 Å². The fraction of sp³-hybridized carbons (Fsp3) is 0.294. The molecule has 21 heavy (non-hydrogen) atoms. The van der Waals surface area contributed by atoms with E-state index in [0.717, 1.165) is 18.1 Å². The van der Waals surface area contributed by atoms with Crippen molar-refractivity contribution in [3.05, 3.63) is 71.3 Å². The van der Waals surface area contributed by atoms with E-state index in [1.807, 2.05) is 30.3 Å². The van der Waals surface area contributed by atoms with Crippen LogP contribution in [0.4, 0.5) is 13.2 Å². The summed E-state index contributed by atoms with van der Waals surface area (Å²) < 4.78 is 39.2. The Bertz CT molecular complexity index is 564. The van der Waals surface area contributed by atoms with E-state index in [4.69, 9.17) is 0 Å². The number of rotatable bonds is 5. The molecule has 1 unspecified atom stereocenters. The Morgan fingerprint density at radius 1 is 0.952 bits per heavy atom. The summed E-state index contributed by atoms with van der Waals surface area (Å²) in [4.78, 5) is 0. The summed E-state index contributed by atoms with van der Waals surface area (Å²) >= 11 is 0. The van der Waals surface area contributed by atoms with Gasteiger partial charge in [0.05, 0.1) is 5.56 Å². The molecule has 1 nitrogen and oxygen atoms in total. The average molecular weight is 293 g/mol. The minimum atomic E-state index is -4.32. The van der Waals surface area contributed by atoms with Crippen molar-refractivity contribution in [2.75, 3.05) is 7.05 Å². The molecule has 1 N–H and O–H groups in total. The van der Waals surface area contributed by atoms with Gasteiger partial charge in [0, 0.05) is 6.04 Å². The van der Waals surface area contributed by atoms with E-state index in [9.17, 15) is 13.2 Å². The van der Waals surface area contributed by atoms with Gasteiger partial charge < -0.3 is 5.32 Å². The first kappa shape index (κ1) is 15.6. The van der Waals surface area contributed by atoms with Gasteiger partial charge in [0.15, 0.2) is 0 Å². The van der Waals surface area contributed by atoms with Crippen LogP contribution in [-0.4, -0.2) is 7.05 Å². The second-order valence-corrected chi connectivity index (χ2v) is 4.95. The van der Waals surface area contributed by atoms with Crippen molar-refractivity contribution < 1.29 is 13.2 Å². The zero-order valence-corrected chi connectivity index (χ0v) is 11.8. The number of hydrogen-bond donors (Lipinski definition) is 1. The fourth-order valence-electron chi connectivity index (χ4n) is 2.47. The van der Waals surface area contributed by atoms with Crippen molar-refractivity contribution in [3.8, 4) is 0 Å². The van der Waals surface area contributed by atoms with Crippen LogP contribution in [0, 0.1) is 0 Å². The Morgan fingerprint density at radius 2 is 1.57 bits per heavy atom. The highest BCUT2D eigenvalue weighted by molar-refractivity contribution is 5.32. The molecule has 0 saturated heterocycles. The van der Waals surface area contributed by atoms with Gasteiger partial charge in [-0.15, -0.1) is 0 Å². The van der Waals surface area contributed by atoms with Crippen LogP contribution in [0.3, 0.4) is 0 Å². The third kappa shape index (κ3) is 4.08. The third-order valence-electron chi connectivity index (χ3n) is 3.55. The lowest BCUT2D eigenvalue weighted by Gasteiger charge is -2.21. The summed E-state index contributed by atoms with van der Waals surface area (Å²) in [5, 5.41) is 3.00. The lowest BCUT2D eigenvalue weighted by Crippen LogP contribution is -2.21. The summed E-state index contributed by atoms with van der Waals surface area (Å²) in [7, 11) is 1.70. The molecule has 112 valence electrons. The fourth-order valence-corrected chi connectivity index (χ4v) is 2.47. The van der Waals surface area contributed by atoms with Crippen LogP contribution in [0.2, 0.25) is 0 Å². The van der Waals surface area contributed by atoms with Crippen molar-refractivity contribution >= 4 is 0 Å². The lowest BCUT2D eigenvalue weighted by molar-refractivity contribution is -0.138. The van der Waals surface area contributed by atoms with E-state index in [1.54, 1.807) is 19.2 Å². The summed E-state index contributed by atoms with van der Waals surface area (Å²) in [6, 6.07) is 15.2. The van der Waals surface area contributed by atoms with E-state index < -0.39 is 11.7 Å². The average Bonchev–Trinajstić information content (AvgIpc) is 2.48. The topological polar surface area (TPSA) is 12.0 Å². The smallest absolute Gasteiger partial charge is 0.313 e. The summed E-state index contributed by atoms with van der Waals surface area (Å²) in [6.45, 7) is 0. The molecule has 0 spiro atoms. The van der Waals surface area contributed by atoms with Crippen molar-refractivity contribution in [3.63, 3.8) is 0 Å². The van der Waals surface area contributed by atoms with Gasteiger partial charge in [0.1, 0.15) is 0 Å². The third-order valence-corrected chi connectivity index (χ3v) is 3.55. The van der Waals surface area contributed by atoms with Gasteiger partial charge in [-0.3, -0.25) is 0 Å². The van der Waals surface area contributed by atoms with Gasteiger partial charge >= 0.3 is 6.18 Å². The predicted molar refractivity (Wildman–Crippen MR) is 78.0 cm³/mol. The molecule has 0 aliphatic rings. The van der Waals surface area contributed by atoms with Gasteiger partial charge in [-0.2, -0.15) is 13.2 Å². The molecule has 2 aromatic rings. The highest BCUT2D eigenvalue weighted by Gasteiger charge is 2.34. The van der Waals surface area contributed by atoms with Crippen molar-refractivity contribution in [2.24, 2.45) is 0 Å². The maximum atomic E-state index is 13.1. The maximum Gasteiger partial charge on any atom is 0.416 e. The van der Waals surface area contributed by atoms with Crippen molar-refractivity contribution in [1.82, 2.24) is 5.32 Å². The zero-order valence-electron chi connectivity index (χ0n) is 11.8. The molecular weight excluding hydrogens is 275 g/mol. The van der Waals surface area contributed by atoms with Gasteiger partial charge in [-0.05, 0) is 37.1 Å². The Kier molecular flexibility index (Phi) is 5.02. The number of nitrogens with one attached hydrogen (secondary N) is 1. The highest BCUT2D eigenvalue weighted by atomic mass is 19.4. The van der Waals surface area contributed by atoms with Gasteiger partial charge in [-0.1, -0.05) is 48.5 Å². The van der Waals surface area contributed by atoms with E-state index >= 15 is 0 Å². The van der Waals surface area contributed by atoms with Crippen LogP contribution in [0.25, 0.3) is 0 Å². The minimum absolute atomic E-state index is 0.309. The van der Waals surface area contributed by atoms with E-state index in [0.29, 0.717) is 12.0 Å². The number of benzene rings is 2. The molecule has 2 aromatic carbocycles. The SMILES string of the molecule is CNC(CCc1ccccc1)c1ccccc1C(F)(F)F. The lowest BCUT2D eigenvalue weighted by atomic mass is 9.95. The molecule has 2 rings (SSSR count). The van der Waals surface area contributed by atoms with Crippen LogP contribution >= 0.6 is 0 Å². The molecule has 0 bridgehead atoms. The monoisotopic (exact) mass is 293 g/mol. The Hall–Kier alpha value is -1.81. The zero-order chi connectivity index (χ0) is 15.3. The molecule has 0 aliphatic heterocycles.